The highest BCUT2D eigenvalue weighted by Crippen LogP contribution is 2.30. The van der Waals surface area contributed by atoms with Crippen molar-refractivity contribution in [2.24, 2.45) is 5.10 Å². The van der Waals surface area contributed by atoms with Crippen LogP contribution in [0.2, 0.25) is 0 Å². The van der Waals surface area contributed by atoms with Crippen LogP contribution in [0.25, 0.3) is 22.0 Å². The van der Waals surface area contributed by atoms with Gasteiger partial charge in [-0.1, -0.05) is 42.5 Å². The van der Waals surface area contributed by atoms with Crippen molar-refractivity contribution in [3.05, 3.63) is 78.0 Å². The lowest BCUT2D eigenvalue weighted by Crippen LogP contribution is -2.18. The molecule has 0 saturated heterocycles. The first kappa shape index (κ1) is 20.8. The molecule has 2 N–H and O–H groups in total. The van der Waals surface area contributed by atoms with E-state index in [-0.39, 0.29) is 11.4 Å². The number of carbonyl (C=O) groups excluding carboxylic acids is 2. The molecule has 0 fully saturated rings. The predicted octanol–water partition coefficient (Wildman–Crippen LogP) is 3.93. The van der Waals surface area contributed by atoms with Gasteiger partial charge in [0.05, 0.1) is 19.0 Å². The Morgan fingerprint density at radius 1 is 1.03 bits per heavy atom. The van der Waals surface area contributed by atoms with Crippen molar-refractivity contribution in [1.82, 2.24) is 15.6 Å². The maximum atomic E-state index is 12.5. The van der Waals surface area contributed by atoms with E-state index < -0.39 is 11.9 Å². The summed E-state index contributed by atoms with van der Waals surface area (Å²) in [6.07, 6.45) is 1.37. The zero-order valence-corrected chi connectivity index (χ0v) is 17.5. The second kappa shape index (κ2) is 9.13. The number of aromatic amines is 1. The molecule has 1 aromatic heterocycles. The number of aromatic nitrogens is 2. The molecule has 0 aliphatic heterocycles. The number of carbonyl (C=O) groups is 2. The van der Waals surface area contributed by atoms with Crippen molar-refractivity contribution < 1.29 is 19.1 Å². The van der Waals surface area contributed by atoms with Gasteiger partial charge in [0.25, 0.3) is 5.91 Å². The number of hydrazone groups is 1. The normalized spacial score (nSPS) is 10.9. The van der Waals surface area contributed by atoms with E-state index in [9.17, 15) is 9.59 Å². The molecular formula is C24H20N4O4. The van der Waals surface area contributed by atoms with E-state index in [0.717, 1.165) is 16.3 Å². The number of hydrogen-bond donors (Lipinski definition) is 2. The first-order valence-corrected chi connectivity index (χ1v) is 9.78. The van der Waals surface area contributed by atoms with Crippen LogP contribution < -0.4 is 14.9 Å². The van der Waals surface area contributed by atoms with Crippen LogP contribution in [0.3, 0.4) is 0 Å². The second-order valence-corrected chi connectivity index (χ2v) is 6.90. The third-order valence-electron chi connectivity index (χ3n) is 4.71. The van der Waals surface area contributed by atoms with E-state index >= 15 is 0 Å². The fourth-order valence-corrected chi connectivity index (χ4v) is 3.20. The molecule has 0 unspecified atom stereocenters. The van der Waals surface area contributed by atoms with Crippen molar-refractivity contribution in [2.45, 2.75) is 6.92 Å². The van der Waals surface area contributed by atoms with Crippen LogP contribution in [0.1, 0.15) is 23.0 Å². The van der Waals surface area contributed by atoms with Gasteiger partial charge in [-0.3, -0.25) is 14.7 Å². The maximum absolute atomic E-state index is 12.5. The van der Waals surface area contributed by atoms with Gasteiger partial charge < -0.3 is 9.47 Å². The summed E-state index contributed by atoms with van der Waals surface area (Å²) in [6, 6.07) is 20.7. The number of nitrogens with zero attached hydrogens (tertiary/aromatic N) is 2. The minimum absolute atomic E-state index is 0.223. The number of para-hydroxylation sites is 1. The molecule has 1 heterocycles. The Balaban J connectivity index is 1.49. The summed E-state index contributed by atoms with van der Waals surface area (Å²) in [6.45, 7) is 1.29. The first-order valence-electron chi connectivity index (χ1n) is 9.78. The number of esters is 1. The number of H-pyrrole nitrogens is 1. The second-order valence-electron chi connectivity index (χ2n) is 6.90. The summed E-state index contributed by atoms with van der Waals surface area (Å²) in [5.74, 6) is -0.353. The number of benzene rings is 3. The van der Waals surface area contributed by atoms with Crippen LogP contribution in [0.5, 0.6) is 11.5 Å². The summed E-state index contributed by atoms with van der Waals surface area (Å²) in [5, 5.41) is 13.2. The summed E-state index contributed by atoms with van der Waals surface area (Å²) >= 11 is 0. The fourth-order valence-electron chi connectivity index (χ4n) is 3.20. The number of hydrogen-bond acceptors (Lipinski definition) is 6. The monoisotopic (exact) mass is 428 g/mol. The Bertz CT molecular complexity index is 1330. The quantitative estimate of drug-likeness (QED) is 0.210. The number of rotatable bonds is 6. The van der Waals surface area contributed by atoms with E-state index in [2.05, 4.69) is 20.7 Å². The third kappa shape index (κ3) is 4.49. The molecule has 0 aliphatic rings. The lowest BCUT2D eigenvalue weighted by molar-refractivity contribution is -0.132. The van der Waals surface area contributed by atoms with Crippen molar-refractivity contribution in [1.29, 1.82) is 0 Å². The third-order valence-corrected chi connectivity index (χ3v) is 4.71. The lowest BCUT2D eigenvalue weighted by Gasteiger charge is -2.10. The standard InChI is InChI=1S/C24H20N4O4/c1-15(29)32-23-19(8-5-9-22(23)31-2)14-25-28-24(30)21-13-20(26-27-21)18-11-10-16-6-3-4-7-17(16)12-18/h3-14H,1-2H3,(H,26,27)(H,28,30). The van der Waals surface area contributed by atoms with E-state index in [1.807, 2.05) is 42.5 Å². The van der Waals surface area contributed by atoms with Gasteiger partial charge in [0.15, 0.2) is 11.5 Å². The van der Waals surface area contributed by atoms with Crippen LogP contribution in [-0.2, 0) is 4.79 Å². The average Bonchev–Trinajstić information content (AvgIpc) is 3.30. The van der Waals surface area contributed by atoms with Gasteiger partial charge in [0.2, 0.25) is 0 Å². The van der Waals surface area contributed by atoms with Gasteiger partial charge in [0.1, 0.15) is 5.69 Å². The van der Waals surface area contributed by atoms with Gasteiger partial charge in [0, 0.05) is 18.1 Å². The Hall–Kier alpha value is -4.46. The van der Waals surface area contributed by atoms with Crippen LogP contribution in [-0.4, -0.2) is 35.4 Å². The molecule has 0 aliphatic carbocycles. The molecular weight excluding hydrogens is 408 g/mol. The van der Waals surface area contributed by atoms with Crippen molar-refractivity contribution >= 4 is 28.9 Å². The Morgan fingerprint density at radius 2 is 1.84 bits per heavy atom. The van der Waals surface area contributed by atoms with Crippen molar-refractivity contribution in [2.75, 3.05) is 7.11 Å². The minimum Gasteiger partial charge on any atom is -0.493 e. The van der Waals surface area contributed by atoms with E-state index in [4.69, 9.17) is 9.47 Å². The molecule has 0 spiro atoms. The smallest absolute Gasteiger partial charge is 0.308 e. The van der Waals surface area contributed by atoms with E-state index in [0.29, 0.717) is 17.0 Å². The van der Waals surface area contributed by atoms with Crippen LogP contribution in [0.15, 0.2) is 71.8 Å². The molecule has 4 rings (SSSR count). The number of ether oxygens (including phenoxy) is 2. The summed E-state index contributed by atoms with van der Waals surface area (Å²) in [5.41, 5.74) is 4.71. The van der Waals surface area contributed by atoms with Crippen molar-refractivity contribution in [3.63, 3.8) is 0 Å². The minimum atomic E-state index is -0.494. The Kier molecular flexibility index (Phi) is 5.94. The van der Waals surface area contributed by atoms with Gasteiger partial charge in [-0.2, -0.15) is 10.2 Å². The highest BCUT2D eigenvalue weighted by atomic mass is 16.6. The molecule has 4 aromatic rings. The van der Waals surface area contributed by atoms with Crippen LogP contribution in [0, 0.1) is 0 Å². The van der Waals surface area contributed by atoms with Crippen LogP contribution >= 0.6 is 0 Å². The summed E-state index contributed by atoms with van der Waals surface area (Å²) in [4.78, 5) is 23.9. The Morgan fingerprint density at radius 3 is 2.62 bits per heavy atom. The van der Waals surface area contributed by atoms with E-state index in [1.165, 1.54) is 20.2 Å². The molecule has 160 valence electrons. The molecule has 0 atom stereocenters. The highest BCUT2D eigenvalue weighted by molar-refractivity contribution is 5.95. The van der Waals surface area contributed by atoms with Gasteiger partial charge in [-0.05, 0) is 35.0 Å². The summed E-state index contributed by atoms with van der Waals surface area (Å²) < 4.78 is 10.4. The molecule has 32 heavy (non-hydrogen) atoms. The van der Waals surface area contributed by atoms with E-state index in [1.54, 1.807) is 24.3 Å². The number of methoxy groups -OCH3 is 1. The molecule has 3 aromatic carbocycles. The van der Waals surface area contributed by atoms with Crippen LogP contribution in [0.4, 0.5) is 0 Å². The number of amides is 1. The zero-order valence-electron chi connectivity index (χ0n) is 17.5. The zero-order chi connectivity index (χ0) is 22.5. The van der Waals surface area contributed by atoms with Crippen molar-refractivity contribution in [3.8, 4) is 22.8 Å². The maximum Gasteiger partial charge on any atom is 0.308 e. The number of fused-ring (bicyclic) bond motifs is 1. The molecule has 8 heteroatoms. The first-order chi connectivity index (χ1) is 15.5. The van der Waals surface area contributed by atoms with Gasteiger partial charge >= 0.3 is 5.97 Å². The molecule has 0 bridgehead atoms. The molecule has 1 amide bonds. The number of nitrogens with one attached hydrogen (secondary N) is 2. The summed E-state index contributed by atoms with van der Waals surface area (Å²) in [7, 11) is 1.47. The predicted molar refractivity (Wildman–Crippen MR) is 121 cm³/mol. The van der Waals surface area contributed by atoms with Gasteiger partial charge in [-0.25, -0.2) is 5.43 Å². The molecule has 8 nitrogen and oxygen atoms in total. The Labute approximate surface area is 183 Å². The molecule has 0 radical (unpaired) electrons. The molecule has 0 saturated carbocycles. The van der Waals surface area contributed by atoms with Gasteiger partial charge in [-0.15, -0.1) is 0 Å². The average molecular weight is 428 g/mol. The fraction of sp³-hybridized carbons (Fsp3) is 0.0833. The topological polar surface area (TPSA) is 106 Å². The largest absolute Gasteiger partial charge is 0.493 e. The SMILES string of the molecule is COc1cccc(C=NNC(=O)c2cc(-c3ccc4ccccc4c3)n[nH]2)c1OC(C)=O. The highest BCUT2D eigenvalue weighted by Gasteiger charge is 2.13. The lowest BCUT2D eigenvalue weighted by atomic mass is 10.1.